The Balaban J connectivity index is 1.38. The van der Waals surface area contributed by atoms with Crippen LogP contribution in [0.15, 0.2) is 77.7 Å². The van der Waals surface area contributed by atoms with E-state index in [1.165, 1.54) is 10.7 Å². The molecule has 0 saturated carbocycles. The monoisotopic (exact) mass is 402 g/mol. The van der Waals surface area contributed by atoms with Gasteiger partial charge in [-0.3, -0.25) is 9.59 Å². The molecule has 0 fully saturated rings. The highest BCUT2D eigenvalue weighted by Gasteiger charge is 2.07. The van der Waals surface area contributed by atoms with Gasteiger partial charge in [-0.2, -0.15) is 5.10 Å². The highest BCUT2D eigenvalue weighted by Crippen LogP contribution is 2.19. The van der Waals surface area contributed by atoms with Gasteiger partial charge in [0.25, 0.3) is 5.56 Å². The van der Waals surface area contributed by atoms with Crippen molar-refractivity contribution in [3.05, 3.63) is 83.3 Å². The molecule has 4 aromatic rings. The van der Waals surface area contributed by atoms with Crippen LogP contribution >= 0.6 is 0 Å². The van der Waals surface area contributed by atoms with E-state index < -0.39 is 0 Å². The van der Waals surface area contributed by atoms with Crippen molar-refractivity contribution in [3.63, 3.8) is 0 Å². The molecular formula is C23H22N4O3. The molecule has 0 aliphatic carbocycles. The predicted molar refractivity (Wildman–Crippen MR) is 115 cm³/mol. The van der Waals surface area contributed by atoms with Crippen molar-refractivity contribution in [3.8, 4) is 17.0 Å². The van der Waals surface area contributed by atoms with Crippen molar-refractivity contribution in [2.45, 2.75) is 13.1 Å². The normalized spacial score (nSPS) is 10.8. The van der Waals surface area contributed by atoms with Crippen molar-refractivity contribution in [1.82, 2.24) is 19.7 Å². The number of rotatable bonds is 7. The third kappa shape index (κ3) is 4.25. The number of hydrogen-bond donors (Lipinski definition) is 1. The minimum absolute atomic E-state index is 0.115. The largest absolute Gasteiger partial charge is 0.497 e. The third-order valence-corrected chi connectivity index (χ3v) is 4.89. The fraction of sp³-hybridized carbons (Fsp3) is 0.174. The molecule has 7 nitrogen and oxygen atoms in total. The summed E-state index contributed by atoms with van der Waals surface area (Å²) in [5.41, 5.74) is 2.37. The standard InChI is InChI=1S/C23H22N4O3/c1-30-19-8-6-17(7-9-19)20-10-11-23(29)27(25-20)15-13-24-22(28)16-26-14-12-18-4-2-3-5-21(18)26/h2-12,14H,13,15-16H2,1H3,(H,24,28). The van der Waals surface area contributed by atoms with E-state index in [4.69, 9.17) is 4.74 Å². The maximum Gasteiger partial charge on any atom is 0.266 e. The van der Waals surface area contributed by atoms with Crippen LogP contribution in [0.1, 0.15) is 0 Å². The van der Waals surface area contributed by atoms with Crippen molar-refractivity contribution in [1.29, 1.82) is 0 Å². The Labute approximate surface area is 173 Å². The van der Waals surface area contributed by atoms with Gasteiger partial charge < -0.3 is 14.6 Å². The first-order valence-corrected chi connectivity index (χ1v) is 9.67. The summed E-state index contributed by atoms with van der Waals surface area (Å²) in [6.07, 6.45) is 1.90. The van der Waals surface area contributed by atoms with Crippen LogP contribution in [0.5, 0.6) is 5.75 Å². The number of fused-ring (bicyclic) bond motifs is 1. The lowest BCUT2D eigenvalue weighted by atomic mass is 10.1. The first-order chi connectivity index (χ1) is 14.6. The van der Waals surface area contributed by atoms with Crippen molar-refractivity contribution >= 4 is 16.8 Å². The number of para-hydroxylation sites is 1. The Hall–Kier alpha value is -3.87. The van der Waals surface area contributed by atoms with Crippen LogP contribution in [-0.2, 0) is 17.9 Å². The van der Waals surface area contributed by atoms with E-state index in [-0.39, 0.29) is 18.0 Å². The topological polar surface area (TPSA) is 78.1 Å². The highest BCUT2D eigenvalue weighted by molar-refractivity contribution is 5.83. The lowest BCUT2D eigenvalue weighted by molar-refractivity contribution is -0.121. The second kappa shape index (κ2) is 8.65. The smallest absolute Gasteiger partial charge is 0.266 e. The molecule has 2 heterocycles. The van der Waals surface area contributed by atoms with Gasteiger partial charge in [0.15, 0.2) is 0 Å². The molecule has 0 atom stereocenters. The minimum Gasteiger partial charge on any atom is -0.497 e. The number of benzene rings is 2. The number of methoxy groups -OCH3 is 1. The SMILES string of the molecule is COc1ccc(-c2ccc(=O)n(CCNC(=O)Cn3ccc4ccccc43)n2)cc1. The first kappa shape index (κ1) is 19.4. The summed E-state index contributed by atoms with van der Waals surface area (Å²) < 4.78 is 8.44. The summed E-state index contributed by atoms with van der Waals surface area (Å²) in [6, 6.07) is 20.5. The lowest BCUT2D eigenvalue weighted by Gasteiger charge is -2.10. The molecule has 2 aromatic heterocycles. The molecule has 1 N–H and O–H groups in total. The van der Waals surface area contributed by atoms with E-state index in [2.05, 4.69) is 10.4 Å². The van der Waals surface area contributed by atoms with Crippen LogP contribution in [0.25, 0.3) is 22.2 Å². The van der Waals surface area contributed by atoms with Crippen molar-refractivity contribution < 1.29 is 9.53 Å². The molecule has 7 heteroatoms. The number of ether oxygens (including phenoxy) is 1. The second-order valence-corrected chi connectivity index (χ2v) is 6.86. The van der Waals surface area contributed by atoms with Gasteiger partial charge >= 0.3 is 0 Å². The third-order valence-electron chi connectivity index (χ3n) is 4.89. The van der Waals surface area contributed by atoms with E-state index in [0.29, 0.717) is 18.8 Å². The number of nitrogens with one attached hydrogen (secondary N) is 1. The van der Waals surface area contributed by atoms with E-state index in [1.807, 2.05) is 65.4 Å². The zero-order valence-corrected chi connectivity index (χ0v) is 16.6. The molecule has 0 unspecified atom stereocenters. The van der Waals surface area contributed by atoms with E-state index in [0.717, 1.165) is 22.2 Å². The average Bonchev–Trinajstić information content (AvgIpc) is 3.18. The van der Waals surface area contributed by atoms with Crippen molar-refractivity contribution in [2.75, 3.05) is 13.7 Å². The van der Waals surface area contributed by atoms with Crippen LogP contribution in [0, 0.1) is 0 Å². The van der Waals surface area contributed by atoms with E-state index >= 15 is 0 Å². The summed E-state index contributed by atoms with van der Waals surface area (Å²) in [4.78, 5) is 24.5. The quantitative estimate of drug-likeness (QED) is 0.516. The van der Waals surface area contributed by atoms with Gasteiger partial charge in [-0.15, -0.1) is 0 Å². The highest BCUT2D eigenvalue weighted by atomic mass is 16.5. The van der Waals surface area contributed by atoms with E-state index in [9.17, 15) is 9.59 Å². The average molecular weight is 402 g/mol. The van der Waals surface area contributed by atoms with Crippen LogP contribution in [0.4, 0.5) is 0 Å². The maximum absolute atomic E-state index is 12.3. The number of aromatic nitrogens is 3. The predicted octanol–water partition coefficient (Wildman–Crippen LogP) is 2.69. The van der Waals surface area contributed by atoms with Crippen LogP contribution in [0.2, 0.25) is 0 Å². The summed E-state index contributed by atoms with van der Waals surface area (Å²) >= 11 is 0. The Morgan fingerprint density at radius 3 is 2.63 bits per heavy atom. The molecular weight excluding hydrogens is 380 g/mol. The van der Waals surface area contributed by atoms with Gasteiger partial charge in [0, 0.05) is 29.9 Å². The maximum atomic E-state index is 12.3. The first-order valence-electron chi connectivity index (χ1n) is 9.67. The summed E-state index contributed by atoms with van der Waals surface area (Å²) in [7, 11) is 1.61. The Morgan fingerprint density at radius 2 is 1.83 bits per heavy atom. The number of carbonyl (C=O) groups excluding carboxylic acids is 1. The molecule has 0 saturated heterocycles. The summed E-state index contributed by atoms with van der Waals surface area (Å²) in [5, 5.41) is 8.37. The zero-order chi connectivity index (χ0) is 20.9. The number of carbonyl (C=O) groups is 1. The van der Waals surface area contributed by atoms with Crippen LogP contribution < -0.4 is 15.6 Å². The van der Waals surface area contributed by atoms with E-state index in [1.54, 1.807) is 13.2 Å². The lowest BCUT2D eigenvalue weighted by Crippen LogP contribution is -2.33. The van der Waals surface area contributed by atoms with Crippen LogP contribution in [-0.4, -0.2) is 33.9 Å². The molecule has 152 valence electrons. The summed E-state index contributed by atoms with van der Waals surface area (Å²) in [5.74, 6) is 0.640. The molecule has 0 aliphatic heterocycles. The molecule has 0 aliphatic rings. The molecule has 0 spiro atoms. The van der Waals surface area contributed by atoms with Gasteiger partial charge in [0.1, 0.15) is 12.3 Å². The van der Waals surface area contributed by atoms with Crippen LogP contribution in [0.3, 0.4) is 0 Å². The molecule has 2 aromatic carbocycles. The van der Waals surface area contributed by atoms with Gasteiger partial charge in [-0.05, 0) is 47.9 Å². The molecule has 0 radical (unpaired) electrons. The van der Waals surface area contributed by atoms with Gasteiger partial charge in [-0.25, -0.2) is 4.68 Å². The fourth-order valence-corrected chi connectivity index (χ4v) is 3.32. The zero-order valence-electron chi connectivity index (χ0n) is 16.6. The number of amides is 1. The van der Waals surface area contributed by atoms with Gasteiger partial charge in [0.2, 0.25) is 5.91 Å². The molecule has 30 heavy (non-hydrogen) atoms. The Kier molecular flexibility index (Phi) is 5.61. The van der Waals surface area contributed by atoms with Crippen molar-refractivity contribution in [2.24, 2.45) is 0 Å². The number of nitrogens with zero attached hydrogens (tertiary/aromatic N) is 3. The van der Waals surface area contributed by atoms with Gasteiger partial charge in [0.05, 0.1) is 19.3 Å². The van der Waals surface area contributed by atoms with Gasteiger partial charge in [-0.1, -0.05) is 18.2 Å². The molecule has 0 bridgehead atoms. The Bertz CT molecular complexity index is 1230. The summed E-state index contributed by atoms with van der Waals surface area (Å²) in [6.45, 7) is 0.833. The second-order valence-electron chi connectivity index (χ2n) is 6.86. The fourth-order valence-electron chi connectivity index (χ4n) is 3.32. The molecule has 1 amide bonds. The minimum atomic E-state index is -0.210. The number of hydrogen-bond acceptors (Lipinski definition) is 4. The molecule has 4 rings (SSSR count). The Morgan fingerprint density at radius 1 is 1.03 bits per heavy atom.